The average Bonchev–Trinajstić information content (AvgIpc) is 2.65. The van der Waals surface area contributed by atoms with Crippen LogP contribution in [-0.4, -0.2) is 13.0 Å². The van der Waals surface area contributed by atoms with Crippen molar-refractivity contribution in [1.29, 1.82) is 0 Å². The van der Waals surface area contributed by atoms with E-state index >= 15 is 0 Å². The van der Waals surface area contributed by atoms with Gasteiger partial charge in [0.1, 0.15) is 5.75 Å². The van der Waals surface area contributed by atoms with Crippen molar-refractivity contribution < 1.29 is 9.53 Å². The van der Waals surface area contributed by atoms with Crippen LogP contribution in [0.2, 0.25) is 0 Å². The van der Waals surface area contributed by atoms with Crippen molar-refractivity contribution in [2.75, 3.05) is 7.11 Å². The van der Waals surface area contributed by atoms with Gasteiger partial charge < -0.3 is 4.74 Å². The number of hydrogen-bond donors (Lipinski definition) is 2. The number of carbonyl (C=O) groups excluding carboxylic acids is 1. The van der Waals surface area contributed by atoms with Crippen molar-refractivity contribution in [3.05, 3.63) is 29.8 Å². The number of hydrogen-bond acceptors (Lipinski definition) is 3. The van der Waals surface area contributed by atoms with Crippen molar-refractivity contribution in [1.82, 2.24) is 10.9 Å². The highest BCUT2D eigenvalue weighted by molar-refractivity contribution is 5.78. The van der Waals surface area contributed by atoms with Gasteiger partial charge in [-0.15, -0.1) is 0 Å². The summed E-state index contributed by atoms with van der Waals surface area (Å²) in [6, 6.07) is 7.75. The van der Waals surface area contributed by atoms with E-state index in [4.69, 9.17) is 4.74 Å². The molecule has 0 aliphatic carbocycles. The number of ether oxygens (including phenoxy) is 1. The summed E-state index contributed by atoms with van der Waals surface area (Å²) in [5.41, 5.74) is 6.55. The minimum Gasteiger partial charge on any atom is -0.497 e. The summed E-state index contributed by atoms with van der Waals surface area (Å²) in [5, 5.41) is 0. The van der Waals surface area contributed by atoms with E-state index < -0.39 is 0 Å². The molecule has 4 heteroatoms. The first kappa shape index (κ1) is 9.02. The van der Waals surface area contributed by atoms with Crippen LogP contribution in [0.15, 0.2) is 24.3 Å². The smallest absolute Gasteiger partial charge is 0.236 e. The Hall–Kier alpha value is -1.55. The number of hydrazine groups is 1. The van der Waals surface area contributed by atoms with E-state index in [0.717, 1.165) is 11.3 Å². The molecule has 4 nitrogen and oxygen atoms in total. The predicted molar refractivity (Wildman–Crippen MR) is 51.6 cm³/mol. The average molecular weight is 192 g/mol. The lowest BCUT2D eigenvalue weighted by molar-refractivity contribution is -0.119. The minimum atomic E-state index is 0.0258. The molecule has 1 atom stereocenters. The molecule has 0 bridgehead atoms. The van der Waals surface area contributed by atoms with Gasteiger partial charge in [0.25, 0.3) is 0 Å². The molecule has 1 unspecified atom stereocenters. The van der Waals surface area contributed by atoms with Crippen LogP contribution in [0.4, 0.5) is 0 Å². The Labute approximate surface area is 82.2 Å². The fraction of sp³-hybridized carbons (Fsp3) is 0.300. The molecule has 2 N–H and O–H groups in total. The quantitative estimate of drug-likeness (QED) is 0.727. The molecule has 14 heavy (non-hydrogen) atoms. The number of carbonyl (C=O) groups is 1. The standard InChI is InChI=1S/C10H12N2O2/c1-14-8-4-2-3-7(5-8)9-6-10(13)12-11-9/h2-5,9,11H,6H2,1H3,(H,12,13). The van der Waals surface area contributed by atoms with Crippen molar-refractivity contribution >= 4 is 5.91 Å². The molecule has 0 radical (unpaired) electrons. The SMILES string of the molecule is COc1cccc(C2CC(=O)NN2)c1. The van der Waals surface area contributed by atoms with Gasteiger partial charge in [-0.05, 0) is 17.7 Å². The summed E-state index contributed by atoms with van der Waals surface area (Å²) < 4.78 is 5.11. The van der Waals surface area contributed by atoms with E-state index in [9.17, 15) is 4.79 Å². The first-order valence-corrected chi connectivity index (χ1v) is 4.48. The zero-order valence-electron chi connectivity index (χ0n) is 7.91. The van der Waals surface area contributed by atoms with Gasteiger partial charge in [-0.1, -0.05) is 12.1 Å². The highest BCUT2D eigenvalue weighted by Gasteiger charge is 2.22. The molecule has 0 aromatic heterocycles. The van der Waals surface area contributed by atoms with Gasteiger partial charge in [-0.25, -0.2) is 5.43 Å². The zero-order valence-corrected chi connectivity index (χ0v) is 7.91. The summed E-state index contributed by atoms with van der Waals surface area (Å²) in [4.78, 5) is 11.0. The lowest BCUT2D eigenvalue weighted by Crippen LogP contribution is -2.27. The van der Waals surface area contributed by atoms with Crippen molar-refractivity contribution in [2.45, 2.75) is 12.5 Å². The maximum Gasteiger partial charge on any atom is 0.236 e. The third kappa shape index (κ3) is 1.70. The van der Waals surface area contributed by atoms with Gasteiger partial charge in [0.15, 0.2) is 0 Å². The van der Waals surface area contributed by atoms with E-state index in [-0.39, 0.29) is 11.9 Å². The Bertz CT molecular complexity index is 352. The van der Waals surface area contributed by atoms with E-state index in [0.29, 0.717) is 6.42 Å². The van der Waals surface area contributed by atoms with Crippen LogP contribution in [0.5, 0.6) is 5.75 Å². The minimum absolute atomic E-state index is 0.0258. The molecule has 1 heterocycles. The third-order valence-corrected chi connectivity index (χ3v) is 2.27. The molecule has 2 rings (SSSR count). The number of methoxy groups -OCH3 is 1. The van der Waals surface area contributed by atoms with Gasteiger partial charge in [-0.3, -0.25) is 10.2 Å². The maximum atomic E-state index is 11.0. The van der Waals surface area contributed by atoms with Crippen molar-refractivity contribution in [2.24, 2.45) is 0 Å². The molecule has 1 saturated heterocycles. The van der Waals surface area contributed by atoms with E-state index in [1.807, 2.05) is 24.3 Å². The molecule has 1 aliphatic heterocycles. The summed E-state index contributed by atoms with van der Waals surface area (Å²) in [6.07, 6.45) is 0.479. The molecule has 1 aromatic carbocycles. The fourth-order valence-electron chi connectivity index (χ4n) is 1.51. The second-order valence-corrected chi connectivity index (χ2v) is 3.23. The molecule has 0 spiro atoms. The van der Waals surface area contributed by atoms with E-state index in [1.54, 1.807) is 7.11 Å². The second kappa shape index (κ2) is 3.67. The molecular formula is C10H12N2O2. The summed E-state index contributed by atoms with van der Waals surface area (Å²) >= 11 is 0. The third-order valence-electron chi connectivity index (χ3n) is 2.27. The van der Waals surface area contributed by atoms with Crippen LogP contribution in [0.1, 0.15) is 18.0 Å². The van der Waals surface area contributed by atoms with E-state index in [1.165, 1.54) is 0 Å². The van der Waals surface area contributed by atoms with Crippen LogP contribution in [-0.2, 0) is 4.79 Å². The number of rotatable bonds is 2. The van der Waals surface area contributed by atoms with Gasteiger partial charge in [0, 0.05) is 6.42 Å². The van der Waals surface area contributed by atoms with Crippen LogP contribution in [0, 0.1) is 0 Å². The fourth-order valence-corrected chi connectivity index (χ4v) is 1.51. The topological polar surface area (TPSA) is 50.4 Å². The van der Waals surface area contributed by atoms with E-state index in [2.05, 4.69) is 10.9 Å². The second-order valence-electron chi connectivity index (χ2n) is 3.23. The van der Waals surface area contributed by atoms with Crippen molar-refractivity contribution in [3.8, 4) is 5.75 Å². The molecule has 1 amide bonds. The molecule has 74 valence electrons. The zero-order chi connectivity index (χ0) is 9.97. The lowest BCUT2D eigenvalue weighted by atomic mass is 10.1. The van der Waals surface area contributed by atoms with Gasteiger partial charge in [0.2, 0.25) is 5.91 Å². The molecular weight excluding hydrogens is 180 g/mol. The summed E-state index contributed by atoms with van der Waals surface area (Å²) in [5.74, 6) is 0.835. The van der Waals surface area contributed by atoms with Gasteiger partial charge in [0.05, 0.1) is 13.2 Å². The lowest BCUT2D eigenvalue weighted by Gasteiger charge is -2.09. The van der Waals surface area contributed by atoms with Gasteiger partial charge in [-0.2, -0.15) is 0 Å². The largest absolute Gasteiger partial charge is 0.497 e. The summed E-state index contributed by atoms with van der Waals surface area (Å²) in [7, 11) is 1.63. The number of benzene rings is 1. The maximum absolute atomic E-state index is 11.0. The highest BCUT2D eigenvalue weighted by Crippen LogP contribution is 2.22. The Balaban J connectivity index is 2.19. The monoisotopic (exact) mass is 192 g/mol. The highest BCUT2D eigenvalue weighted by atomic mass is 16.5. The Morgan fingerprint density at radius 3 is 3.00 bits per heavy atom. The number of nitrogens with one attached hydrogen (secondary N) is 2. The Kier molecular flexibility index (Phi) is 2.37. The molecule has 1 aliphatic rings. The first-order chi connectivity index (χ1) is 6.79. The Morgan fingerprint density at radius 2 is 2.36 bits per heavy atom. The van der Waals surface area contributed by atoms with Crippen LogP contribution < -0.4 is 15.6 Å². The normalized spacial score (nSPS) is 20.6. The molecule has 1 aromatic rings. The molecule has 0 saturated carbocycles. The van der Waals surface area contributed by atoms with Crippen LogP contribution >= 0.6 is 0 Å². The molecule has 1 fully saturated rings. The summed E-state index contributed by atoms with van der Waals surface area (Å²) in [6.45, 7) is 0. The Morgan fingerprint density at radius 1 is 1.50 bits per heavy atom. The van der Waals surface area contributed by atoms with Crippen molar-refractivity contribution in [3.63, 3.8) is 0 Å². The van der Waals surface area contributed by atoms with Crippen LogP contribution in [0.3, 0.4) is 0 Å². The first-order valence-electron chi connectivity index (χ1n) is 4.48. The van der Waals surface area contributed by atoms with Gasteiger partial charge >= 0.3 is 0 Å². The number of amides is 1. The predicted octanol–water partition coefficient (Wildman–Crippen LogP) is 0.761. The van der Waals surface area contributed by atoms with Crippen LogP contribution in [0.25, 0.3) is 0 Å².